The van der Waals surface area contributed by atoms with Crippen molar-refractivity contribution in [3.05, 3.63) is 82.2 Å². The van der Waals surface area contributed by atoms with Crippen LogP contribution in [0.2, 0.25) is 0 Å². The van der Waals surface area contributed by atoms with E-state index in [0.717, 1.165) is 46.2 Å². The molecule has 0 saturated heterocycles. The zero-order valence-corrected chi connectivity index (χ0v) is 26.0. The molecule has 0 spiro atoms. The normalized spacial score (nSPS) is 13.6. The summed E-state index contributed by atoms with van der Waals surface area (Å²) < 4.78 is 0. The number of aromatic hydroxyl groups is 2. The minimum Gasteiger partial charge on any atom is -0.507 e. The number of rotatable bonds is 6. The first-order valence-corrected chi connectivity index (χ1v) is 13.7. The predicted molar refractivity (Wildman–Crippen MR) is 163 cm³/mol. The van der Waals surface area contributed by atoms with E-state index < -0.39 is 0 Å². The topological polar surface area (TPSA) is 69.7 Å². The second-order valence-electron chi connectivity index (χ2n) is 14.7. The summed E-state index contributed by atoms with van der Waals surface area (Å²) >= 11 is 0. The quantitative estimate of drug-likeness (QED) is 0.265. The van der Waals surface area contributed by atoms with Crippen molar-refractivity contribution >= 4 is 0 Å². The van der Waals surface area contributed by atoms with Crippen LogP contribution in [0.1, 0.15) is 116 Å². The fraction of sp³-hybridized carbons (Fsp3) is 0.529. The highest BCUT2D eigenvalue weighted by molar-refractivity contribution is 5.51. The van der Waals surface area contributed by atoms with Crippen molar-refractivity contribution in [2.45, 2.75) is 118 Å². The van der Waals surface area contributed by atoms with Crippen molar-refractivity contribution in [1.29, 1.82) is 0 Å². The van der Waals surface area contributed by atoms with Crippen LogP contribution in [0.3, 0.4) is 0 Å². The molecule has 4 N–H and O–H groups in total. The van der Waals surface area contributed by atoms with Gasteiger partial charge in [-0.25, -0.2) is 5.84 Å². The molecular formula is C34H52N2O2. The van der Waals surface area contributed by atoms with E-state index in [1.54, 1.807) is 5.01 Å². The molecule has 210 valence electrons. The Kier molecular flexibility index (Phi) is 9.27. The first kappa shape index (κ1) is 31.5. The first-order valence-electron chi connectivity index (χ1n) is 13.7. The summed E-state index contributed by atoms with van der Waals surface area (Å²) in [5.74, 6) is 7.03. The molecule has 0 aliphatic carbocycles. The summed E-state index contributed by atoms with van der Waals surface area (Å²) in [5.41, 5.74) is 5.57. The van der Waals surface area contributed by atoms with Gasteiger partial charge >= 0.3 is 0 Å². The van der Waals surface area contributed by atoms with Crippen molar-refractivity contribution < 1.29 is 10.2 Å². The van der Waals surface area contributed by atoms with Crippen molar-refractivity contribution in [3.63, 3.8) is 0 Å². The lowest BCUT2D eigenvalue weighted by Crippen LogP contribution is -2.19. The number of nitrogens with two attached hydrogens (primary N) is 1. The number of hydrogen-bond acceptors (Lipinski definition) is 4. The van der Waals surface area contributed by atoms with E-state index in [1.807, 2.05) is 24.6 Å². The van der Waals surface area contributed by atoms with Crippen molar-refractivity contribution in [3.8, 4) is 11.5 Å². The average molecular weight is 521 g/mol. The molecule has 0 saturated carbocycles. The largest absolute Gasteiger partial charge is 0.507 e. The molecule has 0 fully saturated rings. The lowest BCUT2D eigenvalue weighted by atomic mass is 9.78. The summed E-state index contributed by atoms with van der Waals surface area (Å²) in [7, 11) is 0. The van der Waals surface area contributed by atoms with E-state index in [-0.39, 0.29) is 21.7 Å². The lowest BCUT2D eigenvalue weighted by Gasteiger charge is -2.28. The highest BCUT2D eigenvalue weighted by Crippen LogP contribution is 2.41. The average Bonchev–Trinajstić information content (AvgIpc) is 2.72. The monoisotopic (exact) mass is 520 g/mol. The number of allylic oxidation sites excluding steroid dienone is 2. The predicted octanol–water partition coefficient (Wildman–Crippen LogP) is 8.28. The molecule has 2 aromatic rings. The second kappa shape index (κ2) is 11.2. The van der Waals surface area contributed by atoms with Gasteiger partial charge in [-0.2, -0.15) is 0 Å². The van der Waals surface area contributed by atoms with Crippen molar-refractivity contribution in [2.75, 3.05) is 0 Å². The SMILES string of the molecule is CC(C)(C)c1cc(CC=CN(N)C=CCc2cc(C(C)(C)C)c(O)c(C(C)(C)C)c2)cc(C(C)(C)C)c1O. The van der Waals surface area contributed by atoms with Gasteiger partial charge in [-0.1, -0.05) is 120 Å². The number of benzene rings is 2. The van der Waals surface area contributed by atoms with Crippen LogP contribution in [0.15, 0.2) is 48.8 Å². The smallest absolute Gasteiger partial charge is 0.123 e. The minimum atomic E-state index is -0.152. The van der Waals surface area contributed by atoms with E-state index in [9.17, 15) is 10.2 Å². The van der Waals surface area contributed by atoms with Crippen LogP contribution in [0.25, 0.3) is 0 Å². The minimum absolute atomic E-state index is 0.152. The van der Waals surface area contributed by atoms with Crippen LogP contribution in [0.5, 0.6) is 11.5 Å². The Labute approximate surface area is 232 Å². The van der Waals surface area contributed by atoms with Gasteiger partial charge in [-0.15, -0.1) is 0 Å². The van der Waals surface area contributed by atoms with Gasteiger partial charge in [0.15, 0.2) is 0 Å². The molecule has 0 unspecified atom stereocenters. The fourth-order valence-corrected chi connectivity index (χ4v) is 4.58. The van der Waals surface area contributed by atoms with Crippen molar-refractivity contribution in [2.24, 2.45) is 5.84 Å². The van der Waals surface area contributed by atoms with Gasteiger partial charge in [-0.3, -0.25) is 5.01 Å². The molecule has 38 heavy (non-hydrogen) atoms. The van der Waals surface area contributed by atoms with E-state index >= 15 is 0 Å². The van der Waals surface area contributed by atoms with Crippen LogP contribution < -0.4 is 5.84 Å². The Morgan fingerprint density at radius 3 is 1.00 bits per heavy atom. The summed E-state index contributed by atoms with van der Waals surface area (Å²) in [6.07, 6.45) is 9.27. The summed E-state index contributed by atoms with van der Waals surface area (Å²) in [6.45, 7) is 25.5. The maximum atomic E-state index is 11.0. The number of hydrazine groups is 1. The number of hydrogen-bond donors (Lipinski definition) is 3. The Morgan fingerprint density at radius 1 is 0.553 bits per heavy atom. The highest BCUT2D eigenvalue weighted by atomic mass is 16.3. The third-order valence-corrected chi connectivity index (χ3v) is 6.83. The van der Waals surface area contributed by atoms with Gasteiger partial charge in [0.1, 0.15) is 11.5 Å². The summed E-state index contributed by atoms with van der Waals surface area (Å²) in [6, 6.07) is 8.43. The third kappa shape index (κ3) is 8.14. The van der Waals surface area contributed by atoms with E-state index in [2.05, 4.69) is 107 Å². The van der Waals surface area contributed by atoms with Crippen LogP contribution in [0.4, 0.5) is 0 Å². The Hall–Kier alpha value is -2.72. The van der Waals surface area contributed by atoms with Crippen LogP contribution >= 0.6 is 0 Å². The zero-order valence-electron chi connectivity index (χ0n) is 26.0. The zero-order chi connectivity index (χ0) is 29.3. The van der Waals surface area contributed by atoms with E-state index in [0.29, 0.717) is 11.5 Å². The molecule has 0 radical (unpaired) electrons. The molecule has 2 rings (SSSR count). The maximum absolute atomic E-state index is 11.0. The number of phenols is 2. The molecule has 0 atom stereocenters. The molecule has 0 heterocycles. The molecule has 4 nitrogen and oxygen atoms in total. The summed E-state index contributed by atoms with van der Waals surface area (Å²) in [5, 5.41) is 23.5. The third-order valence-electron chi connectivity index (χ3n) is 6.83. The Morgan fingerprint density at radius 2 is 0.789 bits per heavy atom. The Bertz CT molecular complexity index is 1010. The van der Waals surface area contributed by atoms with E-state index in [4.69, 9.17) is 5.84 Å². The fourth-order valence-electron chi connectivity index (χ4n) is 4.58. The van der Waals surface area contributed by atoms with Crippen molar-refractivity contribution in [1.82, 2.24) is 5.01 Å². The Balaban J connectivity index is 2.21. The van der Waals surface area contributed by atoms with Gasteiger partial charge in [-0.05, 0) is 67.9 Å². The second-order valence-corrected chi connectivity index (χ2v) is 14.7. The summed E-state index contributed by atoms with van der Waals surface area (Å²) in [4.78, 5) is 0. The highest BCUT2D eigenvalue weighted by Gasteiger charge is 2.27. The molecule has 0 amide bonds. The first-order chi connectivity index (χ1) is 17.1. The molecule has 2 aromatic carbocycles. The number of phenolic OH excluding ortho intramolecular Hbond substituents is 2. The van der Waals surface area contributed by atoms with Gasteiger partial charge in [0.05, 0.1) is 0 Å². The van der Waals surface area contributed by atoms with E-state index in [1.165, 1.54) is 0 Å². The molecule has 0 aliphatic rings. The molecule has 4 heteroatoms. The van der Waals surface area contributed by atoms with Crippen LogP contribution in [-0.2, 0) is 34.5 Å². The van der Waals surface area contributed by atoms with Gasteiger partial charge < -0.3 is 10.2 Å². The van der Waals surface area contributed by atoms with Crippen LogP contribution in [-0.4, -0.2) is 15.2 Å². The lowest BCUT2D eigenvalue weighted by molar-refractivity contribution is 0.422. The van der Waals surface area contributed by atoms with Gasteiger partial charge in [0.2, 0.25) is 0 Å². The van der Waals surface area contributed by atoms with Crippen LogP contribution in [0, 0.1) is 0 Å². The maximum Gasteiger partial charge on any atom is 0.123 e. The van der Waals surface area contributed by atoms with Gasteiger partial charge in [0.25, 0.3) is 0 Å². The standard InChI is InChI=1S/C34H52N2O2/c1-31(2,3)25-19-23(20-26(29(25)37)32(4,5)6)15-13-17-36(35)18-14-16-24-21-27(33(7,8)9)30(38)28(22-24)34(10,11)12/h13-14,17-22,37-38H,15-16,35H2,1-12H3. The molecule has 0 bridgehead atoms. The van der Waals surface area contributed by atoms with Gasteiger partial charge in [0, 0.05) is 12.4 Å². The molecule has 0 aliphatic heterocycles. The number of nitrogens with zero attached hydrogens (tertiary/aromatic N) is 1. The molecule has 0 aromatic heterocycles. The molecular weight excluding hydrogens is 468 g/mol.